The summed E-state index contributed by atoms with van der Waals surface area (Å²) in [5, 5.41) is 12.1. The number of hydrogen-bond donors (Lipinski definition) is 1. The molecular formula is C22H21Cl2N3O3. The molecule has 8 heteroatoms. The van der Waals surface area contributed by atoms with Crippen LogP contribution in [-0.4, -0.2) is 30.5 Å². The van der Waals surface area contributed by atoms with Crippen molar-refractivity contribution in [3.63, 3.8) is 0 Å². The van der Waals surface area contributed by atoms with E-state index >= 15 is 0 Å². The van der Waals surface area contributed by atoms with E-state index in [-0.39, 0.29) is 24.9 Å². The van der Waals surface area contributed by atoms with Gasteiger partial charge >= 0.3 is 0 Å². The number of nitrogens with one attached hydrogen (secondary N) is 1. The van der Waals surface area contributed by atoms with Gasteiger partial charge in [-0.15, -0.1) is 0 Å². The topological polar surface area (TPSA) is 82.4 Å². The van der Waals surface area contributed by atoms with E-state index in [1.807, 2.05) is 32.0 Å². The van der Waals surface area contributed by atoms with Gasteiger partial charge in [0.25, 0.3) is 5.91 Å². The van der Waals surface area contributed by atoms with Crippen LogP contribution in [-0.2, 0) is 14.3 Å². The number of ether oxygens (including phenoxy) is 1. The van der Waals surface area contributed by atoms with Crippen LogP contribution in [0.3, 0.4) is 0 Å². The largest absolute Gasteiger partial charge is 0.355 e. The van der Waals surface area contributed by atoms with Crippen molar-refractivity contribution in [2.75, 3.05) is 11.4 Å². The molecule has 2 aromatic carbocycles. The summed E-state index contributed by atoms with van der Waals surface area (Å²) in [7, 11) is 0. The van der Waals surface area contributed by atoms with Crippen molar-refractivity contribution >= 4 is 40.7 Å². The number of halogens is 2. The maximum absolute atomic E-state index is 13.4. The second kappa shape index (κ2) is 9.48. The van der Waals surface area contributed by atoms with Crippen LogP contribution in [0.25, 0.3) is 0 Å². The fourth-order valence-corrected chi connectivity index (χ4v) is 3.92. The first-order valence-electron chi connectivity index (χ1n) is 9.49. The van der Waals surface area contributed by atoms with E-state index in [2.05, 4.69) is 5.32 Å². The third kappa shape index (κ3) is 4.59. The summed E-state index contributed by atoms with van der Waals surface area (Å²) in [6.45, 7) is 3.63. The molecule has 2 amide bonds. The Hall–Kier alpha value is -2.59. The highest BCUT2D eigenvalue weighted by molar-refractivity contribution is 6.31. The van der Waals surface area contributed by atoms with Crippen LogP contribution in [0.15, 0.2) is 42.5 Å². The van der Waals surface area contributed by atoms with E-state index in [4.69, 9.17) is 33.2 Å². The molecule has 0 spiro atoms. The normalized spacial score (nSPS) is 18.5. The third-order valence-corrected chi connectivity index (χ3v) is 5.36. The second-order valence-electron chi connectivity index (χ2n) is 7.17. The molecule has 0 unspecified atom stereocenters. The number of amides is 2. The predicted molar refractivity (Wildman–Crippen MR) is 115 cm³/mol. The molecule has 2 aromatic rings. The summed E-state index contributed by atoms with van der Waals surface area (Å²) < 4.78 is 6.23. The van der Waals surface area contributed by atoms with Gasteiger partial charge in [-0.25, -0.2) is 0 Å². The van der Waals surface area contributed by atoms with Gasteiger partial charge in [0.2, 0.25) is 5.91 Å². The van der Waals surface area contributed by atoms with Gasteiger partial charge in [0.15, 0.2) is 0 Å². The van der Waals surface area contributed by atoms with Crippen molar-refractivity contribution in [3.05, 3.63) is 63.6 Å². The molecule has 0 fully saturated rings. The Morgan fingerprint density at radius 1 is 1.23 bits per heavy atom. The van der Waals surface area contributed by atoms with E-state index in [0.29, 0.717) is 26.9 Å². The molecule has 0 aromatic heterocycles. The number of benzene rings is 2. The highest BCUT2D eigenvalue weighted by Crippen LogP contribution is 2.42. The van der Waals surface area contributed by atoms with Crippen molar-refractivity contribution < 1.29 is 14.3 Å². The van der Waals surface area contributed by atoms with Crippen LogP contribution in [0.1, 0.15) is 37.5 Å². The number of nitrogens with zero attached hydrogens (tertiary/aromatic N) is 2. The van der Waals surface area contributed by atoms with Gasteiger partial charge in [0.05, 0.1) is 18.2 Å². The monoisotopic (exact) mass is 445 g/mol. The number of rotatable bonds is 5. The molecule has 156 valence electrons. The first kappa shape index (κ1) is 22.1. The van der Waals surface area contributed by atoms with E-state index in [1.165, 1.54) is 0 Å². The zero-order valence-electron chi connectivity index (χ0n) is 16.6. The Kier molecular flexibility index (Phi) is 6.99. The van der Waals surface area contributed by atoms with Crippen molar-refractivity contribution in [2.45, 2.75) is 38.5 Å². The van der Waals surface area contributed by atoms with Gasteiger partial charge < -0.3 is 15.0 Å². The van der Waals surface area contributed by atoms with Gasteiger partial charge in [-0.05, 0) is 38.1 Å². The number of hydrogen-bond acceptors (Lipinski definition) is 4. The number of carbonyl (C=O) groups is 2. The molecule has 0 bridgehead atoms. The van der Waals surface area contributed by atoms with Crippen molar-refractivity contribution in [3.8, 4) is 6.07 Å². The Morgan fingerprint density at radius 2 is 1.97 bits per heavy atom. The van der Waals surface area contributed by atoms with Gasteiger partial charge in [0.1, 0.15) is 18.8 Å². The van der Waals surface area contributed by atoms with Crippen LogP contribution < -0.4 is 10.2 Å². The summed E-state index contributed by atoms with van der Waals surface area (Å²) in [6.07, 6.45) is -1.97. The Labute approximate surface area is 185 Å². The average Bonchev–Trinajstić information content (AvgIpc) is 2.81. The standard InChI is InChI=1S/C22H21Cl2N3O3/c1-13(2)27-18-8-7-14(23)11-16(18)21(15-5-3-4-6-17(15)24)30-19(22(27)29)12-20(28)26-10-9-25/h3-8,11,13,19,21H,10,12H2,1-2H3,(H,26,28)/t19-,21-/m1/s1. The summed E-state index contributed by atoms with van der Waals surface area (Å²) in [5.41, 5.74) is 2.02. The third-order valence-electron chi connectivity index (χ3n) is 4.78. The molecule has 0 aliphatic carbocycles. The lowest BCUT2D eigenvalue weighted by atomic mass is 9.99. The molecule has 3 rings (SSSR count). The highest BCUT2D eigenvalue weighted by Gasteiger charge is 2.39. The molecule has 0 radical (unpaired) electrons. The van der Waals surface area contributed by atoms with E-state index in [1.54, 1.807) is 35.2 Å². The summed E-state index contributed by atoms with van der Waals surface area (Å²) in [5.74, 6) is -0.782. The molecule has 1 heterocycles. The summed E-state index contributed by atoms with van der Waals surface area (Å²) in [4.78, 5) is 27.3. The number of nitriles is 1. The molecule has 2 atom stereocenters. The molecule has 1 N–H and O–H groups in total. The lowest BCUT2D eigenvalue weighted by Gasteiger charge is -2.28. The van der Waals surface area contributed by atoms with Gasteiger partial charge in [-0.1, -0.05) is 41.4 Å². The maximum Gasteiger partial charge on any atom is 0.256 e. The minimum absolute atomic E-state index is 0.141. The number of fused-ring (bicyclic) bond motifs is 1. The quantitative estimate of drug-likeness (QED) is 0.697. The Bertz CT molecular complexity index is 1000. The molecule has 6 nitrogen and oxygen atoms in total. The summed E-state index contributed by atoms with van der Waals surface area (Å²) in [6, 6.07) is 14.1. The van der Waals surface area contributed by atoms with Crippen LogP contribution in [0.4, 0.5) is 5.69 Å². The first-order chi connectivity index (χ1) is 14.3. The van der Waals surface area contributed by atoms with Crippen molar-refractivity contribution in [1.82, 2.24) is 5.32 Å². The van der Waals surface area contributed by atoms with Crippen LogP contribution in [0.2, 0.25) is 10.0 Å². The first-order valence-corrected chi connectivity index (χ1v) is 10.2. The van der Waals surface area contributed by atoms with Crippen LogP contribution in [0, 0.1) is 11.3 Å². The van der Waals surface area contributed by atoms with Crippen LogP contribution >= 0.6 is 23.2 Å². The Morgan fingerprint density at radius 3 is 2.63 bits per heavy atom. The fourth-order valence-electron chi connectivity index (χ4n) is 3.50. The van der Waals surface area contributed by atoms with Crippen LogP contribution in [0.5, 0.6) is 0 Å². The molecule has 1 aliphatic rings. The van der Waals surface area contributed by atoms with Gasteiger partial charge in [0, 0.05) is 27.2 Å². The zero-order chi connectivity index (χ0) is 21.8. The molecule has 30 heavy (non-hydrogen) atoms. The lowest BCUT2D eigenvalue weighted by Crippen LogP contribution is -2.45. The molecular weight excluding hydrogens is 425 g/mol. The van der Waals surface area contributed by atoms with Crippen molar-refractivity contribution in [2.24, 2.45) is 0 Å². The second-order valence-corrected chi connectivity index (χ2v) is 8.01. The Balaban J connectivity index is 2.13. The SMILES string of the molecule is CC(C)N1C(=O)[C@@H](CC(=O)NCC#N)O[C@H](c2ccccc2Cl)c2cc(Cl)ccc21. The minimum atomic E-state index is -1.06. The number of carbonyl (C=O) groups excluding carboxylic acids is 2. The molecule has 0 saturated carbocycles. The smallest absolute Gasteiger partial charge is 0.256 e. The van der Waals surface area contributed by atoms with Gasteiger partial charge in [-0.2, -0.15) is 5.26 Å². The molecule has 1 aliphatic heterocycles. The van der Waals surface area contributed by atoms with E-state index in [9.17, 15) is 9.59 Å². The average molecular weight is 446 g/mol. The predicted octanol–water partition coefficient (Wildman–Crippen LogP) is 4.25. The van der Waals surface area contributed by atoms with E-state index in [0.717, 1.165) is 0 Å². The summed E-state index contributed by atoms with van der Waals surface area (Å²) >= 11 is 12.7. The molecule has 0 saturated heterocycles. The maximum atomic E-state index is 13.4. The lowest BCUT2D eigenvalue weighted by molar-refractivity contribution is -0.138. The zero-order valence-corrected chi connectivity index (χ0v) is 18.1. The number of anilines is 1. The minimum Gasteiger partial charge on any atom is -0.355 e. The van der Waals surface area contributed by atoms with Gasteiger partial charge in [-0.3, -0.25) is 9.59 Å². The van der Waals surface area contributed by atoms with Crippen molar-refractivity contribution in [1.29, 1.82) is 5.26 Å². The van der Waals surface area contributed by atoms with E-state index < -0.39 is 18.1 Å². The fraction of sp³-hybridized carbons (Fsp3) is 0.318. The highest BCUT2D eigenvalue weighted by atomic mass is 35.5.